The fraction of sp³-hybridized carbons (Fsp3) is 0.600. The van der Waals surface area contributed by atoms with E-state index in [1.807, 2.05) is 12.1 Å². The zero-order valence-electron chi connectivity index (χ0n) is 12.0. The molecule has 0 spiro atoms. The summed E-state index contributed by atoms with van der Waals surface area (Å²) in [4.78, 5) is 2.21. The van der Waals surface area contributed by atoms with Gasteiger partial charge in [0.05, 0.1) is 6.61 Å². The first-order valence-corrected chi connectivity index (χ1v) is 7.26. The number of nitrogens with one attached hydrogen (secondary N) is 1. The number of halogens is 1. The van der Waals surface area contributed by atoms with Gasteiger partial charge in [0.15, 0.2) is 0 Å². The Hall–Kier alpha value is -0.770. The molecule has 1 aliphatic heterocycles. The van der Waals surface area contributed by atoms with Gasteiger partial charge in [-0.2, -0.15) is 0 Å². The van der Waals surface area contributed by atoms with Crippen molar-refractivity contribution in [3.63, 3.8) is 0 Å². The van der Waals surface area contributed by atoms with E-state index in [0.29, 0.717) is 6.04 Å². The van der Waals surface area contributed by atoms with Crippen LogP contribution in [0.2, 0.25) is 5.02 Å². The third-order valence-electron chi connectivity index (χ3n) is 3.48. The second-order valence-corrected chi connectivity index (χ2v) is 5.96. The number of ether oxygens (including phenoxy) is 1. The third-order valence-corrected chi connectivity index (χ3v) is 3.69. The van der Waals surface area contributed by atoms with Gasteiger partial charge >= 0.3 is 0 Å². The minimum absolute atomic E-state index is 0.485. The fourth-order valence-electron chi connectivity index (χ4n) is 2.32. The predicted octanol–water partition coefficient (Wildman–Crippen LogP) is 2.70. The Morgan fingerprint density at radius 1 is 1.42 bits per heavy atom. The topological polar surface area (TPSA) is 24.5 Å². The zero-order valence-corrected chi connectivity index (χ0v) is 12.8. The van der Waals surface area contributed by atoms with Crippen LogP contribution in [0, 0.1) is 0 Å². The van der Waals surface area contributed by atoms with Crippen LogP contribution < -0.4 is 10.1 Å². The molecule has 0 aliphatic carbocycles. The van der Waals surface area contributed by atoms with E-state index in [2.05, 4.69) is 31.2 Å². The van der Waals surface area contributed by atoms with Crippen LogP contribution in [0.25, 0.3) is 0 Å². The number of nitrogens with zero attached hydrogens (tertiary/aromatic N) is 1. The molecule has 3 nitrogen and oxygen atoms in total. The van der Waals surface area contributed by atoms with E-state index in [1.54, 1.807) is 0 Å². The fourth-order valence-corrected chi connectivity index (χ4v) is 2.58. The van der Waals surface area contributed by atoms with Crippen LogP contribution in [0.1, 0.15) is 24.5 Å². The average molecular weight is 283 g/mol. The molecule has 1 atom stereocenters. The van der Waals surface area contributed by atoms with Crippen LogP contribution in [0.15, 0.2) is 12.1 Å². The van der Waals surface area contributed by atoms with Gasteiger partial charge in [-0.15, -0.1) is 0 Å². The molecule has 0 fully saturated rings. The lowest BCUT2D eigenvalue weighted by atomic mass is 10.1. The van der Waals surface area contributed by atoms with Crippen LogP contribution >= 0.6 is 11.6 Å². The van der Waals surface area contributed by atoms with Crippen LogP contribution in [0.3, 0.4) is 0 Å². The molecule has 19 heavy (non-hydrogen) atoms. The Labute approximate surface area is 120 Å². The molecular formula is C15H23ClN2O. The summed E-state index contributed by atoms with van der Waals surface area (Å²) < 4.78 is 5.71. The molecule has 2 rings (SSSR count). The van der Waals surface area contributed by atoms with Gasteiger partial charge in [-0.1, -0.05) is 11.6 Å². The SMILES string of the molecule is CC(CCN(C)C)NCc1cc(Cl)cc2c1OCC2. The number of rotatable bonds is 6. The lowest BCUT2D eigenvalue weighted by molar-refractivity contribution is 0.347. The quantitative estimate of drug-likeness (QED) is 0.868. The molecule has 1 unspecified atom stereocenters. The highest BCUT2D eigenvalue weighted by molar-refractivity contribution is 6.30. The van der Waals surface area contributed by atoms with Crippen molar-refractivity contribution in [2.24, 2.45) is 0 Å². The van der Waals surface area contributed by atoms with Gasteiger partial charge in [-0.05, 0) is 51.7 Å². The van der Waals surface area contributed by atoms with Gasteiger partial charge in [-0.3, -0.25) is 0 Å². The van der Waals surface area contributed by atoms with Crippen LogP contribution in [-0.4, -0.2) is 38.2 Å². The molecule has 0 aromatic heterocycles. The van der Waals surface area contributed by atoms with E-state index in [9.17, 15) is 0 Å². The van der Waals surface area contributed by atoms with Gasteiger partial charge < -0.3 is 15.0 Å². The summed E-state index contributed by atoms with van der Waals surface area (Å²) >= 11 is 6.16. The Kier molecular flexibility index (Phi) is 5.08. The summed E-state index contributed by atoms with van der Waals surface area (Å²) in [6, 6.07) is 4.51. The second-order valence-electron chi connectivity index (χ2n) is 5.53. The molecule has 1 aromatic carbocycles. The molecule has 0 radical (unpaired) electrons. The smallest absolute Gasteiger partial charge is 0.127 e. The highest BCUT2D eigenvalue weighted by Crippen LogP contribution is 2.32. The first-order valence-electron chi connectivity index (χ1n) is 6.88. The molecular weight excluding hydrogens is 260 g/mol. The largest absolute Gasteiger partial charge is 0.493 e. The molecule has 1 aromatic rings. The number of hydrogen-bond donors (Lipinski definition) is 1. The molecule has 1 heterocycles. The Morgan fingerprint density at radius 3 is 2.95 bits per heavy atom. The summed E-state index contributed by atoms with van der Waals surface area (Å²) in [5, 5.41) is 4.35. The van der Waals surface area contributed by atoms with Gasteiger partial charge in [0.1, 0.15) is 5.75 Å². The van der Waals surface area contributed by atoms with E-state index in [-0.39, 0.29) is 0 Å². The van der Waals surface area contributed by atoms with Crippen molar-refractivity contribution in [1.29, 1.82) is 0 Å². The standard InChI is InChI=1S/C15H23ClN2O/c1-11(4-6-18(2)3)17-10-13-9-14(16)8-12-5-7-19-15(12)13/h8-9,11,17H,4-7,10H2,1-3H3. The van der Waals surface area contributed by atoms with Crippen molar-refractivity contribution in [1.82, 2.24) is 10.2 Å². The molecule has 1 N–H and O–H groups in total. The highest BCUT2D eigenvalue weighted by atomic mass is 35.5. The van der Waals surface area contributed by atoms with Crippen molar-refractivity contribution in [2.45, 2.75) is 32.4 Å². The maximum atomic E-state index is 6.16. The Bertz CT molecular complexity index is 434. The van der Waals surface area contributed by atoms with Crippen molar-refractivity contribution < 1.29 is 4.74 Å². The van der Waals surface area contributed by atoms with Crippen LogP contribution in [-0.2, 0) is 13.0 Å². The van der Waals surface area contributed by atoms with E-state index >= 15 is 0 Å². The van der Waals surface area contributed by atoms with Gasteiger partial charge in [0.2, 0.25) is 0 Å². The lowest BCUT2D eigenvalue weighted by Crippen LogP contribution is -2.29. The number of benzene rings is 1. The molecule has 0 saturated carbocycles. The zero-order chi connectivity index (χ0) is 13.8. The monoisotopic (exact) mass is 282 g/mol. The lowest BCUT2D eigenvalue weighted by Gasteiger charge is -2.17. The molecule has 0 saturated heterocycles. The van der Waals surface area contributed by atoms with Crippen LogP contribution in [0.4, 0.5) is 0 Å². The second kappa shape index (κ2) is 6.60. The van der Waals surface area contributed by atoms with E-state index in [4.69, 9.17) is 16.3 Å². The van der Waals surface area contributed by atoms with Gasteiger partial charge in [-0.25, -0.2) is 0 Å². The average Bonchev–Trinajstić information content (AvgIpc) is 2.81. The molecule has 4 heteroatoms. The number of hydrogen-bond acceptors (Lipinski definition) is 3. The van der Waals surface area contributed by atoms with E-state index in [0.717, 1.165) is 43.3 Å². The first kappa shape index (κ1) is 14.6. The summed E-state index contributed by atoms with van der Waals surface area (Å²) in [6.45, 7) is 4.91. The van der Waals surface area contributed by atoms with Crippen molar-refractivity contribution in [2.75, 3.05) is 27.2 Å². The van der Waals surface area contributed by atoms with E-state index in [1.165, 1.54) is 11.1 Å². The molecule has 0 bridgehead atoms. The summed E-state index contributed by atoms with van der Waals surface area (Å²) in [5.41, 5.74) is 2.42. The van der Waals surface area contributed by atoms with E-state index < -0.39 is 0 Å². The highest BCUT2D eigenvalue weighted by Gasteiger charge is 2.17. The normalized spacial score (nSPS) is 15.4. The van der Waals surface area contributed by atoms with Crippen LogP contribution in [0.5, 0.6) is 5.75 Å². The third kappa shape index (κ3) is 4.10. The Morgan fingerprint density at radius 2 is 2.21 bits per heavy atom. The minimum atomic E-state index is 0.485. The molecule has 1 aliphatic rings. The first-order chi connectivity index (χ1) is 9.06. The van der Waals surface area contributed by atoms with Crippen molar-refractivity contribution in [3.8, 4) is 5.75 Å². The summed E-state index contributed by atoms with van der Waals surface area (Å²) in [7, 11) is 4.20. The van der Waals surface area contributed by atoms with Crippen molar-refractivity contribution >= 4 is 11.6 Å². The Balaban J connectivity index is 1.93. The minimum Gasteiger partial charge on any atom is -0.493 e. The van der Waals surface area contributed by atoms with Gasteiger partial charge in [0.25, 0.3) is 0 Å². The number of fused-ring (bicyclic) bond motifs is 1. The maximum Gasteiger partial charge on any atom is 0.127 e. The summed E-state index contributed by atoms with van der Waals surface area (Å²) in [5.74, 6) is 1.04. The molecule has 0 amide bonds. The maximum absolute atomic E-state index is 6.16. The molecule has 106 valence electrons. The summed E-state index contributed by atoms with van der Waals surface area (Å²) in [6.07, 6.45) is 2.11. The predicted molar refractivity (Wildman–Crippen MR) is 80.1 cm³/mol. The van der Waals surface area contributed by atoms with Crippen molar-refractivity contribution in [3.05, 3.63) is 28.3 Å². The van der Waals surface area contributed by atoms with Gasteiger partial charge in [0, 0.05) is 29.6 Å².